The van der Waals surface area contributed by atoms with E-state index in [0.29, 0.717) is 12.0 Å². The van der Waals surface area contributed by atoms with Crippen molar-refractivity contribution in [3.05, 3.63) is 11.9 Å². The second-order valence-corrected chi connectivity index (χ2v) is 6.35. The standard InChI is InChI=1S/C13H25N5/c1-13(2,3)11-4-6-17(8-11)9-12-10-18(7-5-14)16-15-12/h10-11H,4-9,14H2,1-3H3. The molecule has 1 fully saturated rings. The van der Waals surface area contributed by atoms with E-state index in [4.69, 9.17) is 5.73 Å². The molecule has 1 atom stereocenters. The highest BCUT2D eigenvalue weighted by molar-refractivity contribution is 4.94. The molecular weight excluding hydrogens is 226 g/mol. The molecule has 0 amide bonds. The molecule has 102 valence electrons. The molecular formula is C13H25N5. The van der Waals surface area contributed by atoms with E-state index in [1.54, 1.807) is 0 Å². The number of hydrogen-bond donors (Lipinski definition) is 1. The minimum atomic E-state index is 0.409. The molecule has 0 saturated carbocycles. The van der Waals surface area contributed by atoms with E-state index in [9.17, 15) is 0 Å². The zero-order chi connectivity index (χ0) is 13.2. The van der Waals surface area contributed by atoms with Gasteiger partial charge < -0.3 is 5.73 Å². The quantitative estimate of drug-likeness (QED) is 0.870. The van der Waals surface area contributed by atoms with Gasteiger partial charge in [-0.05, 0) is 24.3 Å². The molecule has 0 spiro atoms. The van der Waals surface area contributed by atoms with Crippen LogP contribution in [0.4, 0.5) is 0 Å². The summed E-state index contributed by atoms with van der Waals surface area (Å²) in [5.74, 6) is 0.789. The predicted octanol–water partition coefficient (Wildman–Crippen LogP) is 1.10. The van der Waals surface area contributed by atoms with Crippen LogP contribution in [0.2, 0.25) is 0 Å². The Morgan fingerprint density at radius 3 is 2.83 bits per heavy atom. The van der Waals surface area contributed by atoms with E-state index >= 15 is 0 Å². The molecule has 2 heterocycles. The van der Waals surface area contributed by atoms with Crippen molar-refractivity contribution >= 4 is 0 Å². The van der Waals surface area contributed by atoms with Crippen LogP contribution >= 0.6 is 0 Å². The van der Waals surface area contributed by atoms with Crippen LogP contribution in [0, 0.1) is 11.3 Å². The average Bonchev–Trinajstić information content (AvgIpc) is 2.88. The van der Waals surface area contributed by atoms with Gasteiger partial charge in [0.05, 0.1) is 12.2 Å². The molecule has 1 aromatic heterocycles. The summed E-state index contributed by atoms with van der Waals surface area (Å²) in [5.41, 5.74) is 6.96. The second kappa shape index (κ2) is 5.36. The van der Waals surface area contributed by atoms with Crippen LogP contribution in [0.3, 0.4) is 0 Å². The van der Waals surface area contributed by atoms with Gasteiger partial charge in [-0.25, -0.2) is 0 Å². The third-order valence-corrected chi connectivity index (χ3v) is 3.83. The van der Waals surface area contributed by atoms with Gasteiger partial charge in [-0.15, -0.1) is 5.10 Å². The highest BCUT2D eigenvalue weighted by Crippen LogP contribution is 2.33. The van der Waals surface area contributed by atoms with E-state index in [0.717, 1.165) is 24.7 Å². The molecule has 0 bridgehead atoms. The Morgan fingerprint density at radius 1 is 1.44 bits per heavy atom. The Morgan fingerprint density at radius 2 is 2.22 bits per heavy atom. The molecule has 0 aliphatic carbocycles. The topological polar surface area (TPSA) is 60.0 Å². The van der Waals surface area contributed by atoms with Crippen molar-refractivity contribution in [2.24, 2.45) is 17.1 Å². The molecule has 0 aromatic carbocycles. The van der Waals surface area contributed by atoms with Crippen LogP contribution < -0.4 is 5.73 Å². The zero-order valence-corrected chi connectivity index (χ0v) is 11.8. The Labute approximate surface area is 109 Å². The van der Waals surface area contributed by atoms with Crippen molar-refractivity contribution in [2.75, 3.05) is 19.6 Å². The Kier molecular flexibility index (Phi) is 4.02. The van der Waals surface area contributed by atoms with Gasteiger partial charge in [0, 0.05) is 25.8 Å². The molecule has 18 heavy (non-hydrogen) atoms. The smallest absolute Gasteiger partial charge is 0.0967 e. The fraction of sp³-hybridized carbons (Fsp3) is 0.846. The summed E-state index contributed by atoms with van der Waals surface area (Å²) >= 11 is 0. The van der Waals surface area contributed by atoms with Gasteiger partial charge in [0.2, 0.25) is 0 Å². The molecule has 0 radical (unpaired) electrons. The van der Waals surface area contributed by atoms with Gasteiger partial charge in [-0.2, -0.15) is 0 Å². The summed E-state index contributed by atoms with van der Waals surface area (Å²) in [6.45, 7) is 11.6. The van der Waals surface area contributed by atoms with Crippen LogP contribution in [0.15, 0.2) is 6.20 Å². The van der Waals surface area contributed by atoms with Crippen molar-refractivity contribution in [1.29, 1.82) is 0 Å². The normalized spacial score (nSPS) is 21.7. The van der Waals surface area contributed by atoms with Crippen LogP contribution in [0.1, 0.15) is 32.9 Å². The molecule has 2 N–H and O–H groups in total. The summed E-state index contributed by atoms with van der Waals surface area (Å²) in [7, 11) is 0. The third-order valence-electron chi connectivity index (χ3n) is 3.83. The largest absolute Gasteiger partial charge is 0.329 e. The first-order chi connectivity index (χ1) is 8.49. The maximum absolute atomic E-state index is 5.50. The van der Waals surface area contributed by atoms with E-state index in [-0.39, 0.29) is 0 Å². The minimum Gasteiger partial charge on any atom is -0.329 e. The molecule has 1 unspecified atom stereocenters. The zero-order valence-electron chi connectivity index (χ0n) is 11.8. The van der Waals surface area contributed by atoms with Crippen molar-refractivity contribution in [3.8, 4) is 0 Å². The lowest BCUT2D eigenvalue weighted by Crippen LogP contribution is -2.25. The molecule has 1 aliphatic heterocycles. The summed E-state index contributed by atoms with van der Waals surface area (Å²) in [4.78, 5) is 2.48. The molecule has 1 aromatic rings. The first-order valence-corrected chi connectivity index (χ1v) is 6.80. The highest BCUT2D eigenvalue weighted by atomic mass is 15.4. The van der Waals surface area contributed by atoms with Gasteiger partial charge in [0.25, 0.3) is 0 Å². The lowest BCUT2D eigenvalue weighted by Gasteiger charge is -2.26. The molecule has 5 nitrogen and oxygen atoms in total. The van der Waals surface area contributed by atoms with Crippen molar-refractivity contribution in [1.82, 2.24) is 19.9 Å². The number of hydrogen-bond acceptors (Lipinski definition) is 4. The van der Waals surface area contributed by atoms with E-state index in [1.807, 2.05) is 10.9 Å². The first kappa shape index (κ1) is 13.5. The Balaban J connectivity index is 1.87. The summed E-state index contributed by atoms with van der Waals surface area (Å²) in [6, 6.07) is 0. The first-order valence-electron chi connectivity index (χ1n) is 6.80. The van der Waals surface area contributed by atoms with Crippen LogP contribution in [0.25, 0.3) is 0 Å². The van der Waals surface area contributed by atoms with E-state index < -0.39 is 0 Å². The lowest BCUT2D eigenvalue weighted by atomic mass is 9.80. The number of nitrogens with two attached hydrogens (primary N) is 1. The van der Waals surface area contributed by atoms with Crippen LogP contribution in [0.5, 0.6) is 0 Å². The number of aromatic nitrogens is 3. The minimum absolute atomic E-state index is 0.409. The van der Waals surface area contributed by atoms with Crippen LogP contribution in [-0.2, 0) is 13.1 Å². The molecule has 2 rings (SSSR count). The highest BCUT2D eigenvalue weighted by Gasteiger charge is 2.31. The number of likely N-dealkylation sites (tertiary alicyclic amines) is 1. The van der Waals surface area contributed by atoms with Gasteiger partial charge in [0.15, 0.2) is 0 Å². The maximum Gasteiger partial charge on any atom is 0.0967 e. The van der Waals surface area contributed by atoms with Crippen molar-refractivity contribution < 1.29 is 0 Å². The van der Waals surface area contributed by atoms with Crippen molar-refractivity contribution in [2.45, 2.75) is 40.3 Å². The number of nitrogens with zero attached hydrogens (tertiary/aromatic N) is 4. The van der Waals surface area contributed by atoms with Gasteiger partial charge >= 0.3 is 0 Å². The monoisotopic (exact) mass is 251 g/mol. The second-order valence-electron chi connectivity index (χ2n) is 6.35. The maximum atomic E-state index is 5.50. The summed E-state index contributed by atoms with van der Waals surface area (Å²) < 4.78 is 1.83. The van der Waals surface area contributed by atoms with E-state index in [1.165, 1.54) is 19.5 Å². The molecule has 5 heteroatoms. The summed E-state index contributed by atoms with van der Waals surface area (Å²) in [5, 5.41) is 8.28. The van der Waals surface area contributed by atoms with Gasteiger partial charge in [-0.3, -0.25) is 9.58 Å². The SMILES string of the molecule is CC(C)(C)C1CCN(Cc2cn(CCN)nn2)C1. The van der Waals surface area contributed by atoms with Gasteiger partial charge in [-0.1, -0.05) is 26.0 Å². The third kappa shape index (κ3) is 3.29. The summed E-state index contributed by atoms with van der Waals surface area (Å²) in [6.07, 6.45) is 3.30. The Bertz CT molecular complexity index is 379. The Hall–Kier alpha value is -0.940. The average molecular weight is 251 g/mol. The van der Waals surface area contributed by atoms with Gasteiger partial charge in [0.1, 0.15) is 0 Å². The lowest BCUT2D eigenvalue weighted by molar-refractivity contribution is 0.225. The molecule has 1 aliphatic rings. The fourth-order valence-corrected chi connectivity index (χ4v) is 2.56. The van der Waals surface area contributed by atoms with Crippen LogP contribution in [-0.4, -0.2) is 39.5 Å². The fourth-order valence-electron chi connectivity index (χ4n) is 2.56. The van der Waals surface area contributed by atoms with Crippen molar-refractivity contribution in [3.63, 3.8) is 0 Å². The van der Waals surface area contributed by atoms with E-state index in [2.05, 4.69) is 36.0 Å². The number of rotatable bonds is 4. The predicted molar refractivity (Wildman–Crippen MR) is 71.9 cm³/mol. The molecule has 1 saturated heterocycles.